The number of hydrogen-bond donors (Lipinski definition) is 1. The highest BCUT2D eigenvalue weighted by Gasteiger charge is 2.22. The van der Waals surface area contributed by atoms with Crippen molar-refractivity contribution < 1.29 is 19.4 Å². The van der Waals surface area contributed by atoms with Gasteiger partial charge in [0.2, 0.25) is 0 Å². The molecule has 4 heteroatoms. The van der Waals surface area contributed by atoms with Crippen molar-refractivity contribution >= 4 is 5.78 Å². The highest BCUT2D eigenvalue weighted by molar-refractivity contribution is 6.00. The Balaban J connectivity index is 2.25. The molecule has 1 aromatic rings. The predicted molar refractivity (Wildman–Crippen MR) is 62.6 cm³/mol. The Morgan fingerprint density at radius 3 is 2.53 bits per heavy atom. The number of carbonyl (C=O) groups is 1. The van der Waals surface area contributed by atoms with Crippen LogP contribution in [0.5, 0.6) is 11.5 Å². The van der Waals surface area contributed by atoms with E-state index in [0.717, 1.165) is 0 Å². The average Bonchev–Trinajstić information content (AvgIpc) is 2.36. The summed E-state index contributed by atoms with van der Waals surface area (Å²) in [6, 6.07) is 4.98. The zero-order valence-corrected chi connectivity index (χ0v) is 9.97. The molecule has 0 bridgehead atoms. The van der Waals surface area contributed by atoms with Crippen LogP contribution in [0, 0.1) is 5.92 Å². The molecule has 1 N–H and O–H groups in total. The highest BCUT2D eigenvalue weighted by Crippen LogP contribution is 2.31. The number of rotatable bonds is 3. The lowest BCUT2D eigenvalue weighted by Crippen LogP contribution is -2.26. The monoisotopic (exact) mass is 236 g/mol. The smallest absolute Gasteiger partial charge is 0.191 e. The maximum Gasteiger partial charge on any atom is 0.191 e. The molecule has 1 aliphatic rings. The number of ketones is 1. The number of ether oxygens (including phenoxy) is 2. The van der Waals surface area contributed by atoms with Crippen molar-refractivity contribution in [1.29, 1.82) is 0 Å². The number of aliphatic hydroxyl groups excluding tert-OH is 1. The SMILES string of the molecule is CC(C)C(O)C(=O)c1ccc2c(c1)OCCO2. The summed E-state index contributed by atoms with van der Waals surface area (Å²) in [7, 11) is 0. The van der Waals surface area contributed by atoms with Gasteiger partial charge in [0.15, 0.2) is 17.3 Å². The summed E-state index contributed by atoms with van der Waals surface area (Å²) in [6.07, 6.45) is -0.974. The van der Waals surface area contributed by atoms with Gasteiger partial charge in [-0.3, -0.25) is 4.79 Å². The molecular formula is C13H16O4. The quantitative estimate of drug-likeness (QED) is 0.811. The second-order valence-corrected chi connectivity index (χ2v) is 4.41. The standard InChI is InChI=1S/C13H16O4/c1-8(2)12(14)13(15)9-3-4-10-11(7-9)17-6-5-16-10/h3-4,7-8,12,14H,5-6H2,1-2H3. The Morgan fingerprint density at radius 1 is 1.24 bits per heavy atom. The van der Waals surface area contributed by atoms with Gasteiger partial charge < -0.3 is 14.6 Å². The molecule has 0 saturated heterocycles. The molecule has 0 spiro atoms. The second kappa shape index (κ2) is 4.75. The Hall–Kier alpha value is -1.55. The summed E-state index contributed by atoms with van der Waals surface area (Å²) >= 11 is 0. The van der Waals surface area contributed by atoms with Crippen molar-refractivity contribution in [2.75, 3.05) is 13.2 Å². The van der Waals surface area contributed by atoms with Crippen molar-refractivity contribution in [3.05, 3.63) is 23.8 Å². The zero-order chi connectivity index (χ0) is 12.4. The van der Waals surface area contributed by atoms with E-state index in [4.69, 9.17) is 9.47 Å². The second-order valence-electron chi connectivity index (χ2n) is 4.41. The number of carbonyl (C=O) groups excluding carboxylic acids is 1. The van der Waals surface area contributed by atoms with Crippen LogP contribution in [-0.4, -0.2) is 30.2 Å². The first-order valence-electron chi connectivity index (χ1n) is 5.71. The van der Waals surface area contributed by atoms with Crippen LogP contribution in [-0.2, 0) is 0 Å². The molecule has 0 radical (unpaired) electrons. The summed E-state index contributed by atoms with van der Waals surface area (Å²) in [4.78, 5) is 11.9. The van der Waals surface area contributed by atoms with E-state index in [0.29, 0.717) is 30.3 Å². The van der Waals surface area contributed by atoms with E-state index < -0.39 is 6.10 Å². The van der Waals surface area contributed by atoms with Crippen molar-refractivity contribution in [3.8, 4) is 11.5 Å². The Morgan fingerprint density at radius 2 is 1.88 bits per heavy atom. The van der Waals surface area contributed by atoms with Gasteiger partial charge in [0.1, 0.15) is 19.3 Å². The molecule has 2 rings (SSSR count). The maximum absolute atomic E-state index is 11.9. The lowest BCUT2D eigenvalue weighted by molar-refractivity contribution is 0.0647. The molecule has 92 valence electrons. The average molecular weight is 236 g/mol. The zero-order valence-electron chi connectivity index (χ0n) is 9.97. The highest BCUT2D eigenvalue weighted by atomic mass is 16.6. The Labute approximate surface area is 100 Å². The molecule has 1 aromatic carbocycles. The van der Waals surface area contributed by atoms with E-state index in [1.165, 1.54) is 0 Å². The van der Waals surface area contributed by atoms with Crippen LogP contribution in [0.4, 0.5) is 0 Å². The topological polar surface area (TPSA) is 55.8 Å². The molecule has 17 heavy (non-hydrogen) atoms. The van der Waals surface area contributed by atoms with Crippen LogP contribution in [0.3, 0.4) is 0 Å². The van der Waals surface area contributed by atoms with Gasteiger partial charge in [-0.05, 0) is 24.1 Å². The number of hydrogen-bond acceptors (Lipinski definition) is 4. The third kappa shape index (κ3) is 2.42. The van der Waals surface area contributed by atoms with Crippen molar-refractivity contribution in [3.63, 3.8) is 0 Å². The molecule has 4 nitrogen and oxygen atoms in total. The van der Waals surface area contributed by atoms with Crippen LogP contribution in [0.15, 0.2) is 18.2 Å². The third-order valence-electron chi connectivity index (χ3n) is 2.73. The Kier molecular flexibility index (Phi) is 3.33. The number of benzene rings is 1. The fourth-order valence-electron chi connectivity index (χ4n) is 1.67. The molecule has 0 saturated carbocycles. The summed E-state index contributed by atoms with van der Waals surface area (Å²) in [6.45, 7) is 4.62. The van der Waals surface area contributed by atoms with E-state index in [2.05, 4.69) is 0 Å². The molecular weight excluding hydrogens is 220 g/mol. The van der Waals surface area contributed by atoms with Gasteiger partial charge in [-0.1, -0.05) is 13.8 Å². The van der Waals surface area contributed by atoms with Crippen molar-refractivity contribution in [1.82, 2.24) is 0 Å². The molecule has 1 unspecified atom stereocenters. The minimum atomic E-state index is -0.974. The molecule has 0 fully saturated rings. The number of Topliss-reactive ketones (excluding diaryl/α,β-unsaturated/α-hetero) is 1. The van der Waals surface area contributed by atoms with Gasteiger partial charge in [-0.25, -0.2) is 0 Å². The van der Waals surface area contributed by atoms with Crippen LogP contribution in [0.1, 0.15) is 24.2 Å². The van der Waals surface area contributed by atoms with Gasteiger partial charge in [0.05, 0.1) is 0 Å². The lowest BCUT2D eigenvalue weighted by Gasteiger charge is -2.19. The van der Waals surface area contributed by atoms with E-state index >= 15 is 0 Å². The predicted octanol–water partition coefficient (Wildman–Crippen LogP) is 1.66. The first kappa shape index (κ1) is 11.9. The van der Waals surface area contributed by atoms with Gasteiger partial charge in [0, 0.05) is 5.56 Å². The fourth-order valence-corrected chi connectivity index (χ4v) is 1.67. The lowest BCUT2D eigenvalue weighted by atomic mass is 9.97. The largest absolute Gasteiger partial charge is 0.486 e. The van der Waals surface area contributed by atoms with Crippen LogP contribution in [0.25, 0.3) is 0 Å². The molecule has 0 amide bonds. The molecule has 1 heterocycles. The first-order chi connectivity index (χ1) is 8.09. The number of aliphatic hydroxyl groups is 1. The first-order valence-corrected chi connectivity index (χ1v) is 5.71. The van der Waals surface area contributed by atoms with E-state index in [-0.39, 0.29) is 11.7 Å². The molecule has 1 atom stereocenters. The number of fused-ring (bicyclic) bond motifs is 1. The van der Waals surface area contributed by atoms with Gasteiger partial charge in [-0.15, -0.1) is 0 Å². The summed E-state index contributed by atoms with van der Waals surface area (Å²) in [5, 5.41) is 9.73. The van der Waals surface area contributed by atoms with Crippen molar-refractivity contribution in [2.45, 2.75) is 20.0 Å². The molecule has 0 aromatic heterocycles. The van der Waals surface area contributed by atoms with Crippen LogP contribution < -0.4 is 9.47 Å². The summed E-state index contributed by atoms with van der Waals surface area (Å²) in [5.74, 6) is 0.831. The maximum atomic E-state index is 11.9. The van der Waals surface area contributed by atoms with Gasteiger partial charge in [0.25, 0.3) is 0 Å². The normalized spacial score (nSPS) is 15.8. The van der Waals surface area contributed by atoms with Gasteiger partial charge >= 0.3 is 0 Å². The van der Waals surface area contributed by atoms with E-state index in [1.807, 2.05) is 0 Å². The van der Waals surface area contributed by atoms with Crippen LogP contribution in [0.2, 0.25) is 0 Å². The fraction of sp³-hybridized carbons (Fsp3) is 0.462. The van der Waals surface area contributed by atoms with E-state index in [1.54, 1.807) is 32.0 Å². The molecule has 0 aliphatic carbocycles. The minimum Gasteiger partial charge on any atom is -0.486 e. The Bertz CT molecular complexity index is 425. The van der Waals surface area contributed by atoms with Crippen molar-refractivity contribution in [2.24, 2.45) is 5.92 Å². The summed E-state index contributed by atoms with van der Waals surface area (Å²) in [5.41, 5.74) is 0.454. The third-order valence-corrected chi connectivity index (χ3v) is 2.73. The van der Waals surface area contributed by atoms with E-state index in [9.17, 15) is 9.90 Å². The summed E-state index contributed by atoms with van der Waals surface area (Å²) < 4.78 is 10.8. The van der Waals surface area contributed by atoms with Gasteiger partial charge in [-0.2, -0.15) is 0 Å². The minimum absolute atomic E-state index is 0.101. The van der Waals surface area contributed by atoms with Crippen LogP contribution >= 0.6 is 0 Å². The molecule has 1 aliphatic heterocycles.